The van der Waals surface area contributed by atoms with Crippen molar-refractivity contribution in [2.75, 3.05) is 18.9 Å². The van der Waals surface area contributed by atoms with Gasteiger partial charge in [0.1, 0.15) is 0 Å². The summed E-state index contributed by atoms with van der Waals surface area (Å²) in [6.07, 6.45) is 7.46. The quantitative estimate of drug-likeness (QED) is 0.693. The molecule has 2 atom stereocenters. The van der Waals surface area contributed by atoms with Gasteiger partial charge < -0.3 is 10.2 Å². The number of aromatic nitrogens is 4. The Kier molecular flexibility index (Phi) is 5.25. The molecular weight excluding hydrogens is 376 g/mol. The fourth-order valence-electron chi connectivity index (χ4n) is 3.65. The van der Waals surface area contributed by atoms with Crippen LogP contribution in [0.1, 0.15) is 23.6 Å². The van der Waals surface area contributed by atoms with Crippen LogP contribution >= 0.6 is 11.6 Å². The molecule has 0 aliphatic carbocycles. The summed E-state index contributed by atoms with van der Waals surface area (Å²) < 4.78 is 1.91. The number of nitrogens with one attached hydrogen (secondary N) is 1. The Balaban J connectivity index is 1.47. The van der Waals surface area contributed by atoms with Crippen LogP contribution in [0.4, 0.5) is 5.95 Å². The van der Waals surface area contributed by atoms with E-state index in [9.17, 15) is 4.79 Å². The molecule has 28 heavy (non-hydrogen) atoms. The third-order valence-electron chi connectivity index (χ3n) is 5.02. The first kappa shape index (κ1) is 18.4. The van der Waals surface area contributed by atoms with E-state index >= 15 is 0 Å². The molecule has 7 nitrogen and oxygen atoms in total. The van der Waals surface area contributed by atoms with Gasteiger partial charge in [0.15, 0.2) is 0 Å². The zero-order chi connectivity index (χ0) is 19.5. The SMILES string of the molecule is CN1C(=O)C[C@@H](CNc2ncc(Cl)cn2)[C@@H]1c1cnn(Cc2ccccc2)c1. The molecule has 144 valence electrons. The van der Waals surface area contributed by atoms with Crippen LogP contribution in [0.25, 0.3) is 0 Å². The van der Waals surface area contributed by atoms with Crippen molar-refractivity contribution in [1.29, 1.82) is 0 Å². The Hall–Kier alpha value is -2.93. The van der Waals surface area contributed by atoms with Gasteiger partial charge in [0.25, 0.3) is 0 Å². The number of halogens is 1. The van der Waals surface area contributed by atoms with Crippen molar-refractivity contribution in [3.05, 3.63) is 71.3 Å². The van der Waals surface area contributed by atoms with E-state index in [0.717, 1.165) is 5.56 Å². The van der Waals surface area contributed by atoms with E-state index in [1.54, 1.807) is 17.3 Å². The van der Waals surface area contributed by atoms with Crippen molar-refractivity contribution in [1.82, 2.24) is 24.6 Å². The molecule has 1 amide bonds. The lowest BCUT2D eigenvalue weighted by Crippen LogP contribution is -2.26. The normalized spacial score (nSPS) is 19.2. The second kappa shape index (κ2) is 7.98. The highest BCUT2D eigenvalue weighted by Gasteiger charge is 2.39. The molecule has 1 saturated heterocycles. The van der Waals surface area contributed by atoms with E-state index in [2.05, 4.69) is 32.5 Å². The Morgan fingerprint density at radius 1 is 1.18 bits per heavy atom. The predicted molar refractivity (Wildman–Crippen MR) is 107 cm³/mol. The summed E-state index contributed by atoms with van der Waals surface area (Å²) in [5.74, 6) is 0.737. The number of carbonyl (C=O) groups excluding carboxylic acids is 1. The zero-order valence-corrected chi connectivity index (χ0v) is 16.3. The van der Waals surface area contributed by atoms with Gasteiger partial charge in [0.05, 0.1) is 36.2 Å². The average molecular weight is 397 g/mol. The Bertz CT molecular complexity index is 943. The van der Waals surface area contributed by atoms with Crippen LogP contribution in [0.3, 0.4) is 0 Å². The van der Waals surface area contributed by atoms with Gasteiger partial charge in [-0.25, -0.2) is 9.97 Å². The molecule has 4 rings (SSSR count). The molecule has 2 aromatic heterocycles. The topological polar surface area (TPSA) is 75.9 Å². The fourth-order valence-corrected chi connectivity index (χ4v) is 3.74. The van der Waals surface area contributed by atoms with E-state index in [1.165, 1.54) is 5.56 Å². The number of amides is 1. The maximum Gasteiger partial charge on any atom is 0.223 e. The molecule has 1 aliphatic rings. The Morgan fingerprint density at radius 3 is 2.68 bits per heavy atom. The minimum absolute atomic E-state index is 0.0307. The number of rotatable bonds is 6. The zero-order valence-electron chi connectivity index (χ0n) is 15.5. The number of hydrogen-bond donors (Lipinski definition) is 1. The molecule has 0 spiro atoms. The van der Waals surface area contributed by atoms with E-state index in [-0.39, 0.29) is 17.9 Å². The number of nitrogens with zero attached hydrogens (tertiary/aromatic N) is 5. The van der Waals surface area contributed by atoms with Crippen LogP contribution < -0.4 is 5.32 Å². The van der Waals surface area contributed by atoms with Crippen molar-refractivity contribution in [3.8, 4) is 0 Å². The molecule has 3 aromatic rings. The number of likely N-dealkylation sites (tertiary alicyclic amines) is 1. The molecule has 0 unspecified atom stereocenters. The lowest BCUT2D eigenvalue weighted by Gasteiger charge is -2.24. The molecule has 0 bridgehead atoms. The summed E-state index contributed by atoms with van der Waals surface area (Å²) in [6.45, 7) is 1.29. The molecule has 8 heteroatoms. The van der Waals surface area contributed by atoms with Crippen molar-refractivity contribution in [2.24, 2.45) is 5.92 Å². The molecule has 3 heterocycles. The van der Waals surface area contributed by atoms with Crippen LogP contribution in [-0.4, -0.2) is 44.1 Å². The largest absolute Gasteiger partial charge is 0.354 e. The van der Waals surface area contributed by atoms with Gasteiger partial charge in [-0.2, -0.15) is 5.10 Å². The highest BCUT2D eigenvalue weighted by molar-refractivity contribution is 6.30. The van der Waals surface area contributed by atoms with E-state index < -0.39 is 0 Å². The van der Waals surface area contributed by atoms with Gasteiger partial charge in [-0.1, -0.05) is 41.9 Å². The molecule has 1 N–H and O–H groups in total. The molecular formula is C20H21ClN6O. The second-order valence-corrected chi connectivity index (χ2v) is 7.41. The molecule has 0 saturated carbocycles. The van der Waals surface area contributed by atoms with Crippen LogP contribution in [0.15, 0.2) is 55.1 Å². The monoisotopic (exact) mass is 396 g/mol. The van der Waals surface area contributed by atoms with Crippen molar-refractivity contribution < 1.29 is 4.79 Å². The first-order valence-corrected chi connectivity index (χ1v) is 9.51. The summed E-state index contributed by atoms with van der Waals surface area (Å²) in [4.78, 5) is 22.5. The third-order valence-corrected chi connectivity index (χ3v) is 5.21. The summed E-state index contributed by atoms with van der Waals surface area (Å²) in [5.41, 5.74) is 2.22. The standard InChI is InChI=1S/C20H21ClN6O/c1-26-18(28)7-15(8-22-20-23-10-17(21)11-24-20)19(26)16-9-25-27(13-16)12-14-5-3-2-4-6-14/h2-6,9-11,13,15,19H,7-8,12H2,1H3,(H,22,23,24)/t15-,19+/m0/s1. The molecule has 1 fully saturated rings. The predicted octanol–water partition coefficient (Wildman–Crippen LogP) is 3.01. The fraction of sp³-hybridized carbons (Fsp3) is 0.300. The maximum atomic E-state index is 12.3. The van der Waals surface area contributed by atoms with Gasteiger partial charge in [-0.15, -0.1) is 0 Å². The van der Waals surface area contributed by atoms with Gasteiger partial charge >= 0.3 is 0 Å². The van der Waals surface area contributed by atoms with Gasteiger partial charge in [0.2, 0.25) is 11.9 Å². The van der Waals surface area contributed by atoms with Crippen LogP contribution in [-0.2, 0) is 11.3 Å². The first-order valence-electron chi connectivity index (χ1n) is 9.13. The van der Waals surface area contributed by atoms with Crippen LogP contribution in [0, 0.1) is 5.92 Å². The molecule has 0 radical (unpaired) electrons. The number of hydrogen-bond acceptors (Lipinski definition) is 5. The summed E-state index contributed by atoms with van der Waals surface area (Å²) in [7, 11) is 1.85. The Labute approximate surface area is 168 Å². The summed E-state index contributed by atoms with van der Waals surface area (Å²) >= 11 is 5.83. The third kappa shape index (κ3) is 3.99. The summed E-state index contributed by atoms with van der Waals surface area (Å²) in [6, 6.07) is 10.2. The number of carbonyl (C=O) groups is 1. The van der Waals surface area contributed by atoms with Crippen molar-refractivity contribution in [3.63, 3.8) is 0 Å². The first-order chi connectivity index (χ1) is 13.6. The van der Waals surface area contributed by atoms with Gasteiger partial charge in [0, 0.05) is 37.7 Å². The number of anilines is 1. The van der Waals surface area contributed by atoms with Crippen molar-refractivity contribution in [2.45, 2.75) is 19.0 Å². The smallest absolute Gasteiger partial charge is 0.223 e. The average Bonchev–Trinajstić information content (AvgIpc) is 3.26. The van der Waals surface area contributed by atoms with E-state index in [4.69, 9.17) is 11.6 Å². The lowest BCUT2D eigenvalue weighted by atomic mass is 9.96. The van der Waals surface area contributed by atoms with E-state index in [0.29, 0.717) is 30.5 Å². The van der Waals surface area contributed by atoms with Gasteiger partial charge in [-0.3, -0.25) is 9.48 Å². The second-order valence-electron chi connectivity index (χ2n) is 6.98. The van der Waals surface area contributed by atoms with Crippen LogP contribution in [0.2, 0.25) is 5.02 Å². The highest BCUT2D eigenvalue weighted by atomic mass is 35.5. The van der Waals surface area contributed by atoms with E-state index in [1.807, 2.05) is 42.3 Å². The lowest BCUT2D eigenvalue weighted by molar-refractivity contribution is -0.127. The van der Waals surface area contributed by atoms with Gasteiger partial charge in [-0.05, 0) is 5.56 Å². The number of benzene rings is 1. The maximum absolute atomic E-state index is 12.3. The summed E-state index contributed by atoms with van der Waals surface area (Å²) in [5, 5.41) is 8.20. The Morgan fingerprint density at radius 2 is 1.93 bits per heavy atom. The highest BCUT2D eigenvalue weighted by Crippen LogP contribution is 2.36. The van der Waals surface area contributed by atoms with Crippen molar-refractivity contribution >= 4 is 23.5 Å². The van der Waals surface area contributed by atoms with Crippen LogP contribution in [0.5, 0.6) is 0 Å². The minimum Gasteiger partial charge on any atom is -0.354 e. The molecule has 1 aromatic carbocycles. The molecule has 1 aliphatic heterocycles. The minimum atomic E-state index is -0.0307.